The highest BCUT2D eigenvalue weighted by molar-refractivity contribution is 6.36. The third-order valence-electron chi connectivity index (χ3n) is 1.94. The van der Waals surface area contributed by atoms with Crippen molar-refractivity contribution in [2.75, 3.05) is 5.32 Å². The van der Waals surface area contributed by atoms with Crippen LogP contribution >= 0.6 is 11.6 Å². The predicted molar refractivity (Wildman–Crippen MR) is 68.2 cm³/mol. The highest BCUT2D eigenvalue weighted by Crippen LogP contribution is 2.28. The Morgan fingerprint density at radius 2 is 1.95 bits per heavy atom. The molecule has 19 heavy (non-hydrogen) atoms. The van der Waals surface area contributed by atoms with Gasteiger partial charge in [-0.25, -0.2) is 14.0 Å². The lowest BCUT2D eigenvalue weighted by molar-refractivity contribution is 0.0632. The molecule has 1 aromatic rings. The molecule has 5 nitrogen and oxygen atoms in total. The summed E-state index contributed by atoms with van der Waals surface area (Å²) in [4.78, 5) is 22.4. The molecular formula is C12H13ClFNO4. The Morgan fingerprint density at radius 3 is 2.42 bits per heavy atom. The van der Waals surface area contributed by atoms with Gasteiger partial charge < -0.3 is 9.84 Å². The molecule has 0 heterocycles. The van der Waals surface area contributed by atoms with Crippen LogP contribution in [0.25, 0.3) is 0 Å². The number of hydrogen-bond donors (Lipinski definition) is 2. The minimum Gasteiger partial charge on any atom is -0.478 e. The zero-order valence-electron chi connectivity index (χ0n) is 10.6. The number of benzene rings is 1. The molecule has 2 N–H and O–H groups in total. The summed E-state index contributed by atoms with van der Waals surface area (Å²) < 4.78 is 18.3. The molecule has 0 bridgehead atoms. The van der Waals surface area contributed by atoms with E-state index in [2.05, 4.69) is 5.32 Å². The van der Waals surface area contributed by atoms with Crippen LogP contribution in [0.1, 0.15) is 31.1 Å². The van der Waals surface area contributed by atoms with Gasteiger partial charge in [0, 0.05) is 0 Å². The molecule has 0 fully saturated rings. The largest absolute Gasteiger partial charge is 0.478 e. The van der Waals surface area contributed by atoms with E-state index in [0.29, 0.717) is 0 Å². The molecule has 1 amide bonds. The molecule has 0 aliphatic heterocycles. The normalized spacial score (nSPS) is 11.0. The standard InChI is InChI=1S/C12H13ClFNO4/c1-12(2,3)19-11(18)15-7-5-4-6(14)8(9(7)13)10(16)17/h4-5H,1-3H3,(H,15,18)(H,16,17). The van der Waals surface area contributed by atoms with Crippen LogP contribution in [0.5, 0.6) is 0 Å². The minimum atomic E-state index is -1.52. The Labute approximate surface area is 114 Å². The van der Waals surface area contributed by atoms with E-state index in [1.165, 1.54) is 0 Å². The van der Waals surface area contributed by atoms with Crippen molar-refractivity contribution in [1.82, 2.24) is 0 Å². The number of halogens is 2. The van der Waals surface area contributed by atoms with Gasteiger partial charge in [0.25, 0.3) is 0 Å². The summed E-state index contributed by atoms with van der Waals surface area (Å²) in [5, 5.41) is 10.7. The summed E-state index contributed by atoms with van der Waals surface area (Å²) in [6.45, 7) is 5.00. The smallest absolute Gasteiger partial charge is 0.412 e. The first-order valence-electron chi connectivity index (χ1n) is 5.33. The Balaban J connectivity index is 3.01. The van der Waals surface area contributed by atoms with Crippen LogP contribution in [0.4, 0.5) is 14.9 Å². The number of rotatable bonds is 2. The molecule has 0 saturated carbocycles. The minimum absolute atomic E-state index is 0.0327. The summed E-state index contributed by atoms with van der Waals surface area (Å²) in [6.07, 6.45) is -0.808. The Kier molecular flexibility index (Phi) is 4.36. The number of nitrogens with one attached hydrogen (secondary N) is 1. The van der Waals surface area contributed by atoms with Crippen LogP contribution in [-0.2, 0) is 4.74 Å². The highest BCUT2D eigenvalue weighted by Gasteiger charge is 2.21. The lowest BCUT2D eigenvalue weighted by Crippen LogP contribution is -2.27. The first-order valence-corrected chi connectivity index (χ1v) is 5.71. The summed E-state index contributed by atoms with van der Waals surface area (Å²) in [6, 6.07) is 2.07. The van der Waals surface area contributed by atoms with Gasteiger partial charge in [0.2, 0.25) is 0 Å². The second kappa shape index (κ2) is 5.44. The van der Waals surface area contributed by atoms with Gasteiger partial charge in [-0.3, -0.25) is 5.32 Å². The number of carboxylic acid groups (broad SMARTS) is 1. The van der Waals surface area contributed by atoms with E-state index in [1.54, 1.807) is 20.8 Å². The summed E-state index contributed by atoms with van der Waals surface area (Å²) in [7, 11) is 0. The van der Waals surface area contributed by atoms with Crippen molar-refractivity contribution in [2.45, 2.75) is 26.4 Å². The number of carbonyl (C=O) groups is 2. The van der Waals surface area contributed by atoms with Crippen molar-refractivity contribution >= 4 is 29.4 Å². The first kappa shape index (κ1) is 15.2. The van der Waals surface area contributed by atoms with Crippen LogP contribution in [-0.4, -0.2) is 22.8 Å². The quantitative estimate of drug-likeness (QED) is 0.873. The fourth-order valence-corrected chi connectivity index (χ4v) is 1.54. The van der Waals surface area contributed by atoms with E-state index in [4.69, 9.17) is 21.4 Å². The molecule has 7 heteroatoms. The molecule has 0 aliphatic rings. The fourth-order valence-electron chi connectivity index (χ4n) is 1.26. The van der Waals surface area contributed by atoms with Crippen LogP contribution in [0.2, 0.25) is 5.02 Å². The second-order valence-electron chi connectivity index (χ2n) is 4.72. The maximum absolute atomic E-state index is 13.3. The van der Waals surface area contributed by atoms with E-state index < -0.39 is 34.1 Å². The van der Waals surface area contributed by atoms with Gasteiger partial charge >= 0.3 is 12.1 Å². The molecule has 104 valence electrons. The lowest BCUT2D eigenvalue weighted by atomic mass is 10.2. The van der Waals surface area contributed by atoms with E-state index in [9.17, 15) is 14.0 Å². The van der Waals surface area contributed by atoms with Crippen molar-refractivity contribution in [3.8, 4) is 0 Å². The lowest BCUT2D eigenvalue weighted by Gasteiger charge is -2.20. The summed E-state index contributed by atoms with van der Waals surface area (Å²) in [5.41, 5.74) is -1.45. The monoisotopic (exact) mass is 289 g/mol. The van der Waals surface area contributed by atoms with Crippen molar-refractivity contribution in [3.05, 3.63) is 28.5 Å². The van der Waals surface area contributed by atoms with Gasteiger partial charge in [-0.2, -0.15) is 0 Å². The predicted octanol–water partition coefficient (Wildman–Crippen LogP) is 3.52. The molecule has 0 radical (unpaired) electrons. The molecule has 0 unspecified atom stereocenters. The molecule has 0 aromatic heterocycles. The number of ether oxygens (including phenoxy) is 1. The average molecular weight is 290 g/mol. The maximum atomic E-state index is 13.3. The topological polar surface area (TPSA) is 75.6 Å². The number of aromatic carboxylic acids is 1. The third kappa shape index (κ3) is 4.10. The number of carboxylic acids is 1. The highest BCUT2D eigenvalue weighted by atomic mass is 35.5. The van der Waals surface area contributed by atoms with E-state index >= 15 is 0 Å². The Morgan fingerprint density at radius 1 is 1.37 bits per heavy atom. The first-order chi connectivity index (χ1) is 8.61. The van der Waals surface area contributed by atoms with Gasteiger partial charge in [0.1, 0.15) is 17.0 Å². The zero-order valence-corrected chi connectivity index (χ0v) is 11.3. The van der Waals surface area contributed by atoms with Crippen molar-refractivity contribution < 1.29 is 23.8 Å². The molecule has 0 saturated heterocycles. The SMILES string of the molecule is CC(C)(C)OC(=O)Nc1ccc(F)c(C(=O)O)c1Cl. The number of anilines is 1. The van der Waals surface area contributed by atoms with Gasteiger partial charge in [0.05, 0.1) is 10.7 Å². The zero-order chi connectivity index (χ0) is 14.8. The second-order valence-corrected chi connectivity index (χ2v) is 5.09. The molecule has 0 aliphatic carbocycles. The average Bonchev–Trinajstić information content (AvgIpc) is 2.19. The van der Waals surface area contributed by atoms with Gasteiger partial charge in [-0.15, -0.1) is 0 Å². The maximum Gasteiger partial charge on any atom is 0.412 e. The van der Waals surface area contributed by atoms with Gasteiger partial charge in [0.15, 0.2) is 0 Å². The third-order valence-corrected chi connectivity index (χ3v) is 2.33. The summed E-state index contributed by atoms with van der Waals surface area (Å²) in [5.74, 6) is -2.50. The van der Waals surface area contributed by atoms with Crippen LogP contribution in [0.3, 0.4) is 0 Å². The van der Waals surface area contributed by atoms with Crippen molar-refractivity contribution in [3.63, 3.8) is 0 Å². The fraction of sp³-hybridized carbons (Fsp3) is 0.333. The molecule has 0 spiro atoms. The van der Waals surface area contributed by atoms with Crippen LogP contribution in [0, 0.1) is 5.82 Å². The number of hydrogen-bond acceptors (Lipinski definition) is 3. The molecular weight excluding hydrogens is 277 g/mol. The number of carbonyl (C=O) groups excluding carboxylic acids is 1. The molecule has 1 aromatic carbocycles. The van der Waals surface area contributed by atoms with Crippen LogP contribution < -0.4 is 5.32 Å². The molecule has 1 rings (SSSR count). The van der Waals surface area contributed by atoms with E-state index in [0.717, 1.165) is 12.1 Å². The Bertz CT molecular complexity index is 525. The Hall–Kier alpha value is -1.82. The van der Waals surface area contributed by atoms with Crippen molar-refractivity contribution in [2.24, 2.45) is 0 Å². The number of amides is 1. The summed E-state index contributed by atoms with van der Waals surface area (Å²) >= 11 is 5.73. The van der Waals surface area contributed by atoms with E-state index in [1.807, 2.05) is 0 Å². The van der Waals surface area contributed by atoms with Gasteiger partial charge in [-0.1, -0.05) is 11.6 Å². The van der Waals surface area contributed by atoms with E-state index in [-0.39, 0.29) is 5.69 Å². The van der Waals surface area contributed by atoms with Gasteiger partial charge in [-0.05, 0) is 32.9 Å². The van der Waals surface area contributed by atoms with Crippen molar-refractivity contribution in [1.29, 1.82) is 0 Å². The van der Waals surface area contributed by atoms with Crippen LogP contribution in [0.15, 0.2) is 12.1 Å². The molecule has 0 atom stereocenters.